The minimum atomic E-state index is -0.412. The molecule has 0 amide bonds. The van der Waals surface area contributed by atoms with Crippen molar-refractivity contribution in [1.29, 1.82) is 0 Å². The van der Waals surface area contributed by atoms with Crippen LogP contribution in [0.15, 0.2) is 11.6 Å². The highest BCUT2D eigenvalue weighted by atomic mass is 32.1. The molecule has 1 fully saturated rings. The van der Waals surface area contributed by atoms with Gasteiger partial charge < -0.3 is 20.5 Å². The first-order valence-corrected chi connectivity index (χ1v) is 7.55. The van der Waals surface area contributed by atoms with Gasteiger partial charge in [-0.2, -0.15) is 9.38 Å². The Bertz CT molecular complexity index is 623. The van der Waals surface area contributed by atoms with E-state index in [4.69, 9.17) is 0 Å². The van der Waals surface area contributed by atoms with Gasteiger partial charge in [0.1, 0.15) is 6.20 Å². The molecule has 2 atom stereocenters. The van der Waals surface area contributed by atoms with Crippen LogP contribution >= 0.6 is 11.3 Å². The number of nitro groups is 1. The third-order valence-electron chi connectivity index (χ3n) is 3.72. The first-order chi connectivity index (χ1) is 9.65. The SMILES string of the molecule is O=[N+]([O-])c1c(NCC2CCCC(O)C2)nc2sccn12. The maximum Gasteiger partial charge on any atom is 0.372 e. The summed E-state index contributed by atoms with van der Waals surface area (Å²) >= 11 is 1.37. The highest BCUT2D eigenvalue weighted by Gasteiger charge is 2.25. The predicted molar refractivity (Wildman–Crippen MR) is 76.2 cm³/mol. The summed E-state index contributed by atoms with van der Waals surface area (Å²) in [6, 6.07) is 0. The molecule has 1 aliphatic rings. The molecule has 20 heavy (non-hydrogen) atoms. The van der Waals surface area contributed by atoms with E-state index in [-0.39, 0.29) is 11.9 Å². The maximum atomic E-state index is 11.2. The summed E-state index contributed by atoms with van der Waals surface area (Å²) in [4.78, 5) is 15.6. The quantitative estimate of drug-likeness (QED) is 0.667. The Morgan fingerprint density at radius 3 is 3.20 bits per heavy atom. The number of anilines is 1. The Morgan fingerprint density at radius 2 is 2.45 bits per heavy atom. The van der Waals surface area contributed by atoms with Crippen molar-refractivity contribution in [2.75, 3.05) is 11.9 Å². The third kappa shape index (κ3) is 2.48. The van der Waals surface area contributed by atoms with Gasteiger partial charge in [-0.15, -0.1) is 0 Å². The number of thiazole rings is 1. The summed E-state index contributed by atoms with van der Waals surface area (Å²) in [6.07, 6.45) is 5.07. The fourth-order valence-electron chi connectivity index (χ4n) is 2.76. The summed E-state index contributed by atoms with van der Waals surface area (Å²) in [5.74, 6) is 0.651. The monoisotopic (exact) mass is 296 g/mol. The van der Waals surface area contributed by atoms with E-state index in [1.165, 1.54) is 15.7 Å². The number of rotatable bonds is 4. The zero-order chi connectivity index (χ0) is 14.1. The molecule has 0 aromatic carbocycles. The van der Waals surface area contributed by atoms with Crippen LogP contribution in [0.25, 0.3) is 4.96 Å². The minimum Gasteiger partial charge on any atom is -0.393 e. The van der Waals surface area contributed by atoms with Gasteiger partial charge in [0.25, 0.3) is 4.96 Å². The molecule has 0 saturated heterocycles. The molecule has 2 N–H and O–H groups in total. The molecule has 0 bridgehead atoms. The van der Waals surface area contributed by atoms with Crippen molar-refractivity contribution in [2.45, 2.75) is 31.8 Å². The van der Waals surface area contributed by atoms with E-state index in [0.29, 0.717) is 23.2 Å². The maximum absolute atomic E-state index is 11.2. The van der Waals surface area contributed by atoms with Crippen LogP contribution in [0.1, 0.15) is 25.7 Å². The summed E-state index contributed by atoms with van der Waals surface area (Å²) in [5, 5.41) is 25.7. The van der Waals surface area contributed by atoms with Gasteiger partial charge in [0, 0.05) is 11.9 Å². The van der Waals surface area contributed by atoms with E-state index in [1.54, 1.807) is 11.6 Å². The molecule has 0 spiro atoms. The Kier molecular flexibility index (Phi) is 3.58. The largest absolute Gasteiger partial charge is 0.393 e. The predicted octanol–water partition coefficient (Wildman–Crippen LogP) is 2.27. The molecule has 1 saturated carbocycles. The van der Waals surface area contributed by atoms with Crippen LogP contribution in [0, 0.1) is 16.0 Å². The van der Waals surface area contributed by atoms with Gasteiger partial charge in [0.15, 0.2) is 0 Å². The lowest BCUT2D eigenvalue weighted by molar-refractivity contribution is -0.389. The number of aliphatic hydroxyl groups excluding tert-OH is 1. The molecule has 2 aromatic heterocycles. The van der Waals surface area contributed by atoms with Crippen molar-refractivity contribution < 1.29 is 10.0 Å². The number of aromatic nitrogens is 2. The summed E-state index contributed by atoms with van der Waals surface area (Å²) in [5.41, 5.74) is 0. The van der Waals surface area contributed by atoms with E-state index >= 15 is 0 Å². The normalized spacial score (nSPS) is 23.1. The van der Waals surface area contributed by atoms with E-state index in [9.17, 15) is 15.2 Å². The second kappa shape index (κ2) is 5.37. The zero-order valence-corrected chi connectivity index (χ0v) is 11.7. The summed E-state index contributed by atoms with van der Waals surface area (Å²) in [7, 11) is 0. The molecule has 0 aliphatic heterocycles. The molecule has 108 valence electrons. The molecule has 2 heterocycles. The van der Waals surface area contributed by atoms with Crippen LogP contribution < -0.4 is 5.32 Å². The van der Waals surface area contributed by atoms with Gasteiger partial charge in [0.05, 0.1) is 6.10 Å². The average molecular weight is 296 g/mol. The van der Waals surface area contributed by atoms with Crippen LogP contribution in [0.3, 0.4) is 0 Å². The lowest BCUT2D eigenvalue weighted by atomic mass is 9.87. The summed E-state index contributed by atoms with van der Waals surface area (Å²) < 4.78 is 1.49. The number of imidazole rings is 1. The Hall–Kier alpha value is -1.67. The Morgan fingerprint density at radius 1 is 1.60 bits per heavy atom. The molecule has 3 rings (SSSR count). The number of nitrogens with one attached hydrogen (secondary N) is 1. The zero-order valence-electron chi connectivity index (χ0n) is 10.9. The number of fused-ring (bicyclic) bond motifs is 1. The van der Waals surface area contributed by atoms with Crippen molar-refractivity contribution in [2.24, 2.45) is 5.92 Å². The van der Waals surface area contributed by atoms with E-state index in [0.717, 1.165) is 25.7 Å². The highest BCUT2D eigenvalue weighted by Crippen LogP contribution is 2.29. The smallest absolute Gasteiger partial charge is 0.372 e. The standard InChI is InChI=1S/C12H16N4O3S/c17-9-3-1-2-8(6-9)7-13-10-11(16(18)19)15-4-5-20-12(15)14-10/h4-5,8-9,13,17H,1-3,6-7H2. The number of aliphatic hydroxyl groups is 1. The highest BCUT2D eigenvalue weighted by molar-refractivity contribution is 7.15. The number of nitrogens with zero attached hydrogens (tertiary/aromatic N) is 3. The fraction of sp³-hybridized carbons (Fsp3) is 0.583. The molecular formula is C12H16N4O3S. The molecule has 8 heteroatoms. The third-order valence-corrected chi connectivity index (χ3v) is 4.48. The number of hydrogen-bond acceptors (Lipinski definition) is 6. The molecular weight excluding hydrogens is 280 g/mol. The molecule has 1 aliphatic carbocycles. The van der Waals surface area contributed by atoms with E-state index < -0.39 is 4.92 Å². The van der Waals surface area contributed by atoms with Gasteiger partial charge in [-0.3, -0.25) is 0 Å². The summed E-state index contributed by atoms with van der Waals surface area (Å²) in [6.45, 7) is 0.614. The Balaban J connectivity index is 1.75. The van der Waals surface area contributed by atoms with Gasteiger partial charge in [0.2, 0.25) is 5.82 Å². The first kappa shape index (κ1) is 13.3. The van der Waals surface area contributed by atoms with Gasteiger partial charge >= 0.3 is 5.82 Å². The lowest BCUT2D eigenvalue weighted by Gasteiger charge is -2.25. The molecule has 2 aromatic rings. The van der Waals surface area contributed by atoms with Crippen LogP contribution in [0.2, 0.25) is 0 Å². The van der Waals surface area contributed by atoms with Gasteiger partial charge in [-0.1, -0.05) is 17.8 Å². The second-order valence-electron chi connectivity index (χ2n) is 5.16. The first-order valence-electron chi connectivity index (χ1n) is 6.67. The van der Waals surface area contributed by atoms with Crippen LogP contribution in [0.4, 0.5) is 11.6 Å². The van der Waals surface area contributed by atoms with Crippen molar-refractivity contribution in [3.05, 3.63) is 21.7 Å². The van der Waals surface area contributed by atoms with Crippen molar-refractivity contribution in [3.63, 3.8) is 0 Å². The minimum absolute atomic E-state index is 0.0161. The van der Waals surface area contributed by atoms with Crippen molar-refractivity contribution in [1.82, 2.24) is 9.38 Å². The van der Waals surface area contributed by atoms with Crippen LogP contribution in [-0.4, -0.2) is 32.1 Å². The van der Waals surface area contributed by atoms with E-state index in [2.05, 4.69) is 10.3 Å². The molecule has 2 unspecified atom stereocenters. The van der Waals surface area contributed by atoms with E-state index in [1.807, 2.05) is 0 Å². The van der Waals surface area contributed by atoms with Crippen molar-refractivity contribution in [3.8, 4) is 0 Å². The second-order valence-corrected chi connectivity index (χ2v) is 6.04. The fourth-order valence-corrected chi connectivity index (χ4v) is 3.47. The van der Waals surface area contributed by atoms with Gasteiger partial charge in [-0.25, -0.2) is 0 Å². The lowest BCUT2D eigenvalue weighted by Crippen LogP contribution is -2.25. The van der Waals surface area contributed by atoms with Crippen LogP contribution in [-0.2, 0) is 0 Å². The Labute approximate surface area is 119 Å². The van der Waals surface area contributed by atoms with Crippen molar-refractivity contribution >= 4 is 27.9 Å². The molecule has 0 radical (unpaired) electrons. The van der Waals surface area contributed by atoms with Crippen LogP contribution in [0.5, 0.6) is 0 Å². The van der Waals surface area contributed by atoms with Gasteiger partial charge in [-0.05, 0) is 30.1 Å². The molecule has 7 nitrogen and oxygen atoms in total. The number of hydrogen-bond donors (Lipinski definition) is 2. The topological polar surface area (TPSA) is 92.7 Å². The average Bonchev–Trinajstić information content (AvgIpc) is 2.95.